The Morgan fingerprint density at radius 1 is 0.898 bits per heavy atom. The molecule has 4 aromatic carbocycles. The molecule has 12 nitrogen and oxygen atoms in total. The van der Waals surface area contributed by atoms with Gasteiger partial charge in [-0.25, -0.2) is 18.4 Å². The van der Waals surface area contributed by atoms with Crippen LogP contribution in [0.1, 0.15) is 18.9 Å². The molecule has 3 heterocycles. The van der Waals surface area contributed by atoms with Gasteiger partial charge in [0.15, 0.2) is 0 Å². The van der Waals surface area contributed by atoms with Crippen molar-refractivity contribution in [1.82, 2.24) is 19.8 Å². The van der Waals surface area contributed by atoms with Crippen molar-refractivity contribution in [1.29, 1.82) is 0 Å². The van der Waals surface area contributed by atoms with E-state index in [1.54, 1.807) is 13.0 Å². The quantitative estimate of drug-likeness (QED) is 0.0792. The summed E-state index contributed by atoms with van der Waals surface area (Å²) in [6.45, 7) is 9.03. The van der Waals surface area contributed by atoms with Crippen LogP contribution in [0.4, 0.5) is 30.4 Å². The summed E-state index contributed by atoms with van der Waals surface area (Å²) in [4.78, 5) is 14.6. The molecular weight excluding hydrogens is 826 g/mol. The number of alkyl halides is 3. The molecule has 0 radical (unpaired) electrons. The van der Waals surface area contributed by atoms with Gasteiger partial charge in [0.25, 0.3) is 9.84 Å². The van der Waals surface area contributed by atoms with E-state index in [4.69, 9.17) is 20.9 Å². The van der Waals surface area contributed by atoms with Crippen molar-refractivity contribution in [3.8, 4) is 11.1 Å². The minimum absolute atomic E-state index is 0.0982. The second-order valence-electron chi connectivity index (χ2n) is 14.3. The molecule has 0 aliphatic carbocycles. The minimum atomic E-state index is -5.85. The van der Waals surface area contributed by atoms with Crippen LogP contribution >= 0.6 is 19.1 Å². The first-order chi connectivity index (χ1) is 28.3. The molecule has 1 atom stereocenters. The summed E-state index contributed by atoms with van der Waals surface area (Å²) in [6.07, 6.45) is 1.84. The highest BCUT2D eigenvalue weighted by atomic mass is 35.5. The first-order valence-electron chi connectivity index (χ1n) is 19.4. The Morgan fingerprint density at radius 3 is 2.37 bits per heavy atom. The van der Waals surface area contributed by atoms with Crippen LogP contribution in [0, 0.1) is 0 Å². The van der Waals surface area contributed by atoms with E-state index >= 15 is 0 Å². The number of benzene rings is 4. The molecule has 18 heteroatoms. The van der Waals surface area contributed by atoms with E-state index in [1.165, 1.54) is 29.6 Å². The SMILES string of the molecule is CCOP(=O)(Nc1ncnc2cc(N3CCN(Cc4ccccc4-c4ccc(Cl)cc4)CC3)ccc12)c1ccc(NCCCN2CCOCC2)c(S(=O)(=O)C(F)(F)F)c1. The molecule has 0 amide bonds. The average molecular weight is 872 g/mol. The normalized spacial score (nSPS) is 16.9. The zero-order chi connectivity index (χ0) is 41.6. The van der Waals surface area contributed by atoms with Gasteiger partial charge in [-0.05, 0) is 85.1 Å². The standard InChI is InChI=1S/C41H46ClF3N7O5PS/c1-2-57-58(53,34-13-15-37(39(27-34)59(54,55)41(43,44)45)46-16-5-17-50-22-24-56-25-23-50)49-40-36-14-12-33(26-38(36)47-29-48-40)52-20-18-51(19-21-52)28-31-6-3-4-7-35(31)30-8-10-32(42)11-9-30/h3-4,6-15,26-27,29,46H,2,5,16-25,28H2,1H3,(H,47,48,49,53). The molecular formula is C41H46ClF3N7O5PS. The third kappa shape index (κ3) is 10.0. The average Bonchev–Trinajstić information content (AvgIpc) is 3.23. The summed E-state index contributed by atoms with van der Waals surface area (Å²) in [5.41, 5.74) is -0.856. The van der Waals surface area contributed by atoms with Gasteiger partial charge in [0.05, 0.1) is 36.3 Å². The van der Waals surface area contributed by atoms with E-state index in [0.29, 0.717) is 42.1 Å². The maximum absolute atomic E-state index is 14.6. The molecule has 314 valence electrons. The molecule has 0 spiro atoms. The number of aromatic nitrogens is 2. The maximum Gasteiger partial charge on any atom is 0.501 e. The van der Waals surface area contributed by atoms with E-state index in [2.05, 4.69) is 53.3 Å². The summed E-state index contributed by atoms with van der Waals surface area (Å²) in [7, 11) is -10.1. The van der Waals surface area contributed by atoms with Crippen LogP contribution in [0.15, 0.2) is 96.2 Å². The maximum atomic E-state index is 14.6. The Bertz CT molecular complexity index is 2400. The van der Waals surface area contributed by atoms with Crippen molar-refractivity contribution >= 4 is 62.4 Å². The summed E-state index contributed by atoms with van der Waals surface area (Å²) in [5, 5.41) is 6.61. The predicted octanol–water partition coefficient (Wildman–Crippen LogP) is 7.67. The first kappa shape index (κ1) is 42.8. The molecule has 7 rings (SSSR count). The molecule has 0 saturated carbocycles. The summed E-state index contributed by atoms with van der Waals surface area (Å²) < 4.78 is 93.4. The highest BCUT2D eigenvalue weighted by Crippen LogP contribution is 2.48. The van der Waals surface area contributed by atoms with Gasteiger partial charge in [-0.1, -0.05) is 48.0 Å². The Hall–Kier alpha value is -4.28. The number of nitrogens with zero attached hydrogens (tertiary/aromatic N) is 5. The van der Waals surface area contributed by atoms with Crippen LogP contribution < -0.4 is 20.6 Å². The van der Waals surface area contributed by atoms with Gasteiger partial charge in [0.1, 0.15) is 17.0 Å². The number of halogens is 4. The van der Waals surface area contributed by atoms with Crippen molar-refractivity contribution < 1.29 is 35.4 Å². The monoisotopic (exact) mass is 871 g/mol. The number of piperazine rings is 1. The minimum Gasteiger partial charge on any atom is -0.384 e. The first-order valence-corrected chi connectivity index (χ1v) is 22.9. The lowest BCUT2D eigenvalue weighted by atomic mass is 9.99. The zero-order valence-electron chi connectivity index (χ0n) is 32.5. The number of fused-ring (bicyclic) bond motifs is 1. The fourth-order valence-corrected chi connectivity index (χ4v) is 10.2. The van der Waals surface area contributed by atoms with E-state index in [9.17, 15) is 26.2 Å². The molecule has 1 aromatic heterocycles. The molecule has 0 bridgehead atoms. The van der Waals surface area contributed by atoms with Crippen molar-refractivity contribution in [3.63, 3.8) is 0 Å². The highest BCUT2D eigenvalue weighted by Gasteiger charge is 2.48. The second kappa shape index (κ2) is 18.5. The van der Waals surface area contributed by atoms with Gasteiger partial charge in [-0.2, -0.15) is 13.2 Å². The number of sulfone groups is 1. The number of hydrogen-bond acceptors (Lipinski definition) is 11. The van der Waals surface area contributed by atoms with Gasteiger partial charge in [-0.3, -0.25) is 19.5 Å². The molecule has 2 aliphatic heterocycles. The van der Waals surface area contributed by atoms with Crippen LogP contribution in [-0.2, 0) is 30.2 Å². The Labute approximate surface area is 347 Å². The van der Waals surface area contributed by atoms with Gasteiger partial charge in [-0.15, -0.1) is 0 Å². The van der Waals surface area contributed by atoms with Crippen LogP contribution in [0.3, 0.4) is 0 Å². The van der Waals surface area contributed by atoms with Crippen molar-refractivity contribution in [3.05, 3.63) is 102 Å². The number of hydrogen-bond donors (Lipinski definition) is 2. The fraction of sp³-hybridized carbons (Fsp3) is 0.366. The smallest absolute Gasteiger partial charge is 0.384 e. The third-order valence-corrected chi connectivity index (χ3v) is 14.3. The van der Waals surface area contributed by atoms with E-state index < -0.39 is 27.8 Å². The lowest BCUT2D eigenvalue weighted by Crippen LogP contribution is -2.46. The number of morpholine rings is 1. The predicted molar refractivity (Wildman–Crippen MR) is 226 cm³/mol. The van der Waals surface area contributed by atoms with Gasteiger partial charge in [0, 0.05) is 68.5 Å². The topological polar surface area (TPSA) is 129 Å². The van der Waals surface area contributed by atoms with Crippen LogP contribution in [0.2, 0.25) is 5.02 Å². The van der Waals surface area contributed by atoms with Crippen LogP contribution in [-0.4, -0.2) is 106 Å². The van der Waals surface area contributed by atoms with Gasteiger partial charge in [0.2, 0.25) is 0 Å². The van der Waals surface area contributed by atoms with Crippen LogP contribution in [0.5, 0.6) is 0 Å². The summed E-state index contributed by atoms with van der Waals surface area (Å²) in [6, 6.07) is 25.1. The largest absolute Gasteiger partial charge is 0.501 e. The Balaban J connectivity index is 1.07. The van der Waals surface area contributed by atoms with Crippen LogP contribution in [0.25, 0.3) is 22.0 Å². The van der Waals surface area contributed by atoms with Crippen molar-refractivity contribution in [2.45, 2.75) is 30.3 Å². The molecule has 5 aromatic rings. The third-order valence-electron chi connectivity index (χ3n) is 10.5. The summed E-state index contributed by atoms with van der Waals surface area (Å²) in [5.74, 6) is 0.119. The lowest BCUT2D eigenvalue weighted by Gasteiger charge is -2.36. The highest BCUT2D eigenvalue weighted by molar-refractivity contribution is 7.92. The van der Waals surface area contributed by atoms with E-state index in [0.717, 1.165) is 63.1 Å². The number of rotatable bonds is 15. The molecule has 1 unspecified atom stereocenters. The number of nitrogens with one attached hydrogen (secondary N) is 2. The Morgan fingerprint density at radius 2 is 1.64 bits per heavy atom. The van der Waals surface area contributed by atoms with Crippen molar-refractivity contribution in [2.75, 3.05) is 87.5 Å². The summed E-state index contributed by atoms with van der Waals surface area (Å²) >= 11 is 6.13. The van der Waals surface area contributed by atoms with Gasteiger partial charge < -0.3 is 19.5 Å². The second-order valence-corrected chi connectivity index (χ2v) is 18.7. The van der Waals surface area contributed by atoms with Crippen molar-refractivity contribution in [2.24, 2.45) is 0 Å². The Kier molecular flexibility index (Phi) is 13.5. The van der Waals surface area contributed by atoms with Gasteiger partial charge >= 0.3 is 13.0 Å². The number of ether oxygens (including phenoxy) is 1. The lowest BCUT2D eigenvalue weighted by molar-refractivity contribution is -0.0435. The molecule has 2 N–H and O–H groups in total. The zero-order valence-corrected chi connectivity index (χ0v) is 35.0. The van der Waals surface area contributed by atoms with E-state index in [1.807, 2.05) is 42.5 Å². The molecule has 2 fully saturated rings. The molecule has 2 saturated heterocycles. The molecule has 59 heavy (non-hydrogen) atoms. The number of anilines is 3. The van der Waals surface area contributed by atoms with E-state index in [-0.39, 0.29) is 30.0 Å². The molecule has 2 aliphatic rings. The fourth-order valence-electron chi connectivity index (χ4n) is 7.34.